The van der Waals surface area contributed by atoms with Gasteiger partial charge < -0.3 is 10.2 Å². The van der Waals surface area contributed by atoms with Gasteiger partial charge in [-0.25, -0.2) is 4.98 Å². The van der Waals surface area contributed by atoms with Crippen molar-refractivity contribution in [3.63, 3.8) is 0 Å². The third kappa shape index (κ3) is 2.89. The molecule has 0 aliphatic carbocycles. The summed E-state index contributed by atoms with van der Waals surface area (Å²) in [6.07, 6.45) is 1.52. The lowest BCUT2D eigenvalue weighted by atomic mass is 10.1. The first-order valence-electron chi connectivity index (χ1n) is 8.49. The molecule has 3 heterocycles. The average Bonchev–Trinajstić information content (AvgIpc) is 3.27. The van der Waals surface area contributed by atoms with E-state index in [0.29, 0.717) is 29.4 Å². The summed E-state index contributed by atoms with van der Waals surface area (Å²) < 4.78 is 1.67. The topological polar surface area (TPSA) is 99.7 Å². The Morgan fingerprint density at radius 2 is 2.07 bits per heavy atom. The molecule has 8 nitrogen and oxygen atoms in total. The number of pyridine rings is 1. The van der Waals surface area contributed by atoms with E-state index in [1.54, 1.807) is 23.4 Å². The van der Waals surface area contributed by atoms with E-state index in [9.17, 15) is 4.79 Å². The first kappa shape index (κ1) is 16.7. The molecule has 0 bridgehead atoms. The van der Waals surface area contributed by atoms with Gasteiger partial charge >= 0.3 is 0 Å². The molecule has 134 valence electrons. The Balaban J connectivity index is 1.69. The number of nitrogens with one attached hydrogen (secondary N) is 1. The van der Waals surface area contributed by atoms with Crippen LogP contribution in [0.2, 0.25) is 0 Å². The van der Waals surface area contributed by atoms with Gasteiger partial charge in [-0.3, -0.25) is 9.36 Å². The van der Waals surface area contributed by atoms with Crippen molar-refractivity contribution < 1.29 is 4.79 Å². The number of hydrogen-bond donors (Lipinski definition) is 1. The van der Waals surface area contributed by atoms with Gasteiger partial charge in [0.15, 0.2) is 5.82 Å². The highest BCUT2D eigenvalue weighted by Gasteiger charge is 2.27. The van der Waals surface area contributed by atoms with Gasteiger partial charge in [0.05, 0.1) is 17.3 Å². The monoisotopic (exact) mass is 359 g/mol. The molecule has 2 aromatic heterocycles. The van der Waals surface area contributed by atoms with Crippen molar-refractivity contribution in [2.24, 2.45) is 0 Å². The van der Waals surface area contributed by atoms with Gasteiger partial charge in [-0.15, -0.1) is 10.2 Å². The summed E-state index contributed by atoms with van der Waals surface area (Å²) in [4.78, 5) is 18.7. The van der Waals surface area contributed by atoms with Gasteiger partial charge in [-0.2, -0.15) is 5.26 Å². The molecular weight excluding hydrogens is 342 g/mol. The lowest BCUT2D eigenvalue weighted by molar-refractivity contribution is 0.0817. The van der Waals surface area contributed by atoms with E-state index in [-0.39, 0.29) is 5.91 Å². The van der Waals surface area contributed by atoms with Crippen LogP contribution in [0, 0.1) is 11.3 Å². The number of benzene rings is 1. The number of aromatic nitrogens is 4. The third-order valence-electron chi connectivity index (χ3n) is 4.54. The van der Waals surface area contributed by atoms with Crippen molar-refractivity contribution in [3.8, 4) is 17.6 Å². The zero-order chi connectivity index (χ0) is 19.0. The van der Waals surface area contributed by atoms with Crippen molar-refractivity contribution in [3.05, 3.63) is 53.9 Å². The van der Waals surface area contributed by atoms with Crippen LogP contribution in [0.3, 0.4) is 0 Å². The average molecular weight is 359 g/mol. The van der Waals surface area contributed by atoms with Crippen molar-refractivity contribution in [1.82, 2.24) is 24.6 Å². The Labute approximate surface area is 156 Å². The van der Waals surface area contributed by atoms with Crippen LogP contribution in [0.5, 0.6) is 0 Å². The van der Waals surface area contributed by atoms with Crippen LogP contribution >= 0.6 is 0 Å². The Hall–Kier alpha value is -3.73. The van der Waals surface area contributed by atoms with Gasteiger partial charge in [-0.05, 0) is 30.7 Å². The van der Waals surface area contributed by atoms with Crippen molar-refractivity contribution in [2.45, 2.75) is 19.5 Å². The van der Waals surface area contributed by atoms with Crippen LogP contribution < -0.4 is 5.32 Å². The van der Waals surface area contributed by atoms with E-state index in [1.807, 2.05) is 36.4 Å². The molecule has 3 aromatic rings. The molecule has 0 unspecified atom stereocenters. The quantitative estimate of drug-likeness (QED) is 0.769. The molecule has 8 heteroatoms. The van der Waals surface area contributed by atoms with Gasteiger partial charge in [0, 0.05) is 13.6 Å². The van der Waals surface area contributed by atoms with E-state index in [4.69, 9.17) is 5.26 Å². The number of anilines is 2. The molecule has 1 aliphatic heterocycles. The Morgan fingerprint density at radius 1 is 1.26 bits per heavy atom. The number of carbonyl (C=O) groups excluding carboxylic acids is 1. The van der Waals surface area contributed by atoms with Crippen molar-refractivity contribution in [1.29, 1.82) is 5.26 Å². The van der Waals surface area contributed by atoms with Gasteiger partial charge in [-0.1, -0.05) is 18.2 Å². The summed E-state index contributed by atoms with van der Waals surface area (Å²) in [5.41, 5.74) is 2.98. The van der Waals surface area contributed by atoms with Gasteiger partial charge in [0.25, 0.3) is 5.91 Å². The molecule has 0 spiro atoms. The van der Waals surface area contributed by atoms with E-state index >= 15 is 0 Å². The summed E-state index contributed by atoms with van der Waals surface area (Å²) in [7, 11) is 1.79. The highest BCUT2D eigenvalue weighted by atomic mass is 16.2. The molecule has 4 rings (SSSR count). The normalized spacial score (nSPS) is 14.0. The maximum atomic E-state index is 12.4. The third-order valence-corrected chi connectivity index (χ3v) is 4.54. The molecule has 0 saturated carbocycles. The van der Waals surface area contributed by atoms with E-state index in [2.05, 4.69) is 26.6 Å². The highest BCUT2D eigenvalue weighted by molar-refractivity contribution is 6.03. The molecular formula is C19H17N7O. The van der Waals surface area contributed by atoms with E-state index < -0.39 is 6.04 Å². The number of amides is 1. The molecule has 1 amide bonds. The lowest BCUT2D eigenvalue weighted by Gasteiger charge is -2.12. The number of fused-ring (bicyclic) bond motifs is 1. The van der Waals surface area contributed by atoms with Crippen LogP contribution in [0.4, 0.5) is 11.5 Å². The summed E-state index contributed by atoms with van der Waals surface area (Å²) >= 11 is 0. The molecule has 27 heavy (non-hydrogen) atoms. The van der Waals surface area contributed by atoms with Crippen LogP contribution in [0.25, 0.3) is 11.5 Å². The van der Waals surface area contributed by atoms with Gasteiger partial charge in [0.2, 0.25) is 0 Å². The van der Waals surface area contributed by atoms with Crippen LogP contribution in [-0.4, -0.2) is 37.6 Å². The molecule has 0 saturated heterocycles. The second-order valence-electron chi connectivity index (χ2n) is 6.40. The maximum absolute atomic E-state index is 12.4. The zero-order valence-corrected chi connectivity index (χ0v) is 14.9. The highest BCUT2D eigenvalue weighted by Crippen LogP contribution is 2.30. The predicted molar refractivity (Wildman–Crippen MR) is 99.1 cm³/mol. The second-order valence-corrected chi connectivity index (χ2v) is 6.40. The van der Waals surface area contributed by atoms with Crippen LogP contribution in [-0.2, 0) is 6.54 Å². The van der Waals surface area contributed by atoms with E-state index in [1.165, 1.54) is 6.33 Å². The largest absolute Gasteiger partial charge is 0.340 e. The minimum atomic E-state index is -0.404. The number of rotatable bonds is 4. The lowest BCUT2D eigenvalue weighted by Crippen LogP contribution is -2.18. The fraction of sp³-hybridized carbons (Fsp3) is 0.211. The Bertz CT molecular complexity index is 1070. The summed E-state index contributed by atoms with van der Waals surface area (Å²) in [6, 6.07) is 13.0. The summed E-state index contributed by atoms with van der Waals surface area (Å²) in [5, 5.41) is 20.4. The van der Waals surface area contributed by atoms with Crippen molar-refractivity contribution in [2.75, 3.05) is 12.4 Å². The summed E-state index contributed by atoms with van der Waals surface area (Å²) in [5.74, 6) is 1.09. The Morgan fingerprint density at radius 3 is 2.89 bits per heavy atom. The van der Waals surface area contributed by atoms with Crippen LogP contribution in [0.1, 0.15) is 28.9 Å². The molecule has 0 fully saturated rings. The first-order chi connectivity index (χ1) is 13.1. The Kier molecular flexibility index (Phi) is 4.05. The minimum absolute atomic E-state index is 0.00755. The zero-order valence-electron chi connectivity index (χ0n) is 14.9. The summed E-state index contributed by atoms with van der Waals surface area (Å²) in [6.45, 7) is 2.37. The molecule has 1 aromatic carbocycles. The number of nitriles is 1. The maximum Gasteiger partial charge on any atom is 0.256 e. The molecule has 0 radical (unpaired) electrons. The number of hydrogen-bond acceptors (Lipinski definition) is 6. The molecule has 1 N–H and O–H groups in total. The smallest absolute Gasteiger partial charge is 0.256 e. The SMILES string of the molecule is C[C@H](C#N)n1cnnc1-c1cccc(Nc2cccc3c2C(=O)N(C)C3)n1. The molecule has 1 atom stereocenters. The fourth-order valence-electron chi connectivity index (χ4n) is 3.15. The van der Waals surface area contributed by atoms with Crippen molar-refractivity contribution >= 4 is 17.4 Å². The van der Waals surface area contributed by atoms with Gasteiger partial charge in [0.1, 0.15) is 23.9 Å². The predicted octanol–water partition coefficient (Wildman–Crippen LogP) is 2.75. The fourth-order valence-corrected chi connectivity index (χ4v) is 3.15. The first-order valence-corrected chi connectivity index (χ1v) is 8.49. The molecule has 1 aliphatic rings. The van der Waals surface area contributed by atoms with E-state index in [0.717, 1.165) is 11.3 Å². The minimum Gasteiger partial charge on any atom is -0.340 e. The number of nitrogens with zero attached hydrogens (tertiary/aromatic N) is 6. The number of carbonyl (C=O) groups is 1. The second kappa shape index (κ2) is 6.53. The standard InChI is InChI=1S/C19H17N7O/c1-12(9-20)26-11-21-24-18(26)15-7-4-8-16(23-15)22-14-6-3-5-13-10-25(2)19(27)17(13)14/h3-8,11-12H,10H2,1-2H3,(H,22,23)/t12-/m1/s1. The van der Waals surface area contributed by atoms with Crippen LogP contribution in [0.15, 0.2) is 42.7 Å².